The van der Waals surface area contributed by atoms with E-state index in [4.69, 9.17) is 4.74 Å². The number of methoxy groups -OCH3 is 1. The van der Waals surface area contributed by atoms with Crippen molar-refractivity contribution in [3.8, 4) is 5.75 Å². The van der Waals surface area contributed by atoms with Crippen molar-refractivity contribution in [3.63, 3.8) is 0 Å². The summed E-state index contributed by atoms with van der Waals surface area (Å²) in [5.74, 6) is 0.995. The van der Waals surface area contributed by atoms with Crippen LogP contribution in [-0.2, 0) is 21.1 Å². The summed E-state index contributed by atoms with van der Waals surface area (Å²) in [6.07, 6.45) is 1.27. The van der Waals surface area contributed by atoms with Gasteiger partial charge in [0.15, 0.2) is 0 Å². The number of fused-ring (bicyclic) bond motifs is 1. The number of amides is 1. The maximum absolute atomic E-state index is 12.3. The summed E-state index contributed by atoms with van der Waals surface area (Å²) in [6, 6.07) is 11.6. The molecule has 0 bridgehead atoms. The quantitative estimate of drug-likeness (QED) is 0.919. The summed E-state index contributed by atoms with van der Waals surface area (Å²) < 4.78 is 28.2. The molecule has 5 nitrogen and oxygen atoms in total. The summed E-state index contributed by atoms with van der Waals surface area (Å²) in [7, 11) is -1.29. The number of nitrogens with one attached hydrogen (secondary N) is 1. The van der Waals surface area contributed by atoms with E-state index in [9.17, 15) is 13.2 Å². The summed E-state index contributed by atoms with van der Waals surface area (Å²) in [5.41, 5.74) is 0.937. The Balaban J connectivity index is 1.71. The van der Waals surface area contributed by atoms with E-state index in [0.29, 0.717) is 12.8 Å². The minimum atomic E-state index is -2.91. The second-order valence-corrected chi connectivity index (χ2v) is 8.48. The van der Waals surface area contributed by atoms with Crippen molar-refractivity contribution in [2.45, 2.75) is 25.3 Å². The van der Waals surface area contributed by atoms with Crippen molar-refractivity contribution >= 4 is 26.5 Å². The van der Waals surface area contributed by atoms with Crippen LogP contribution in [0.1, 0.15) is 18.4 Å². The number of hydrogen-bond acceptors (Lipinski definition) is 4. The van der Waals surface area contributed by atoms with Crippen LogP contribution >= 0.6 is 0 Å². The average molecular weight is 347 g/mol. The zero-order valence-electron chi connectivity index (χ0n) is 13.6. The Labute approximate surface area is 141 Å². The van der Waals surface area contributed by atoms with E-state index < -0.39 is 9.84 Å². The first-order chi connectivity index (χ1) is 11.5. The molecule has 0 aromatic heterocycles. The highest BCUT2D eigenvalue weighted by atomic mass is 32.2. The van der Waals surface area contributed by atoms with Crippen LogP contribution in [0.15, 0.2) is 36.4 Å². The average Bonchev–Trinajstić information content (AvgIpc) is 2.57. The van der Waals surface area contributed by atoms with Crippen molar-refractivity contribution < 1.29 is 17.9 Å². The monoisotopic (exact) mass is 347 g/mol. The normalized spacial score (nSPS) is 17.5. The molecule has 1 aliphatic rings. The summed E-state index contributed by atoms with van der Waals surface area (Å²) in [4.78, 5) is 12.3. The molecule has 0 atom stereocenters. The fourth-order valence-corrected chi connectivity index (χ4v) is 4.58. The van der Waals surface area contributed by atoms with Gasteiger partial charge in [-0.2, -0.15) is 0 Å². The van der Waals surface area contributed by atoms with Crippen LogP contribution in [0.2, 0.25) is 0 Å². The smallest absolute Gasteiger partial charge is 0.224 e. The van der Waals surface area contributed by atoms with E-state index in [1.165, 1.54) is 0 Å². The Morgan fingerprint density at radius 2 is 1.96 bits per heavy atom. The highest BCUT2D eigenvalue weighted by Gasteiger charge is 2.24. The van der Waals surface area contributed by atoms with Crippen LogP contribution in [0.4, 0.5) is 0 Å². The van der Waals surface area contributed by atoms with Crippen LogP contribution in [0.3, 0.4) is 0 Å². The third kappa shape index (κ3) is 3.87. The molecule has 2 aromatic carbocycles. The fraction of sp³-hybridized carbons (Fsp3) is 0.389. The van der Waals surface area contributed by atoms with E-state index in [0.717, 1.165) is 22.1 Å². The summed E-state index contributed by atoms with van der Waals surface area (Å²) in [6.45, 7) is 0. The number of benzene rings is 2. The maximum atomic E-state index is 12.3. The number of ether oxygens (including phenoxy) is 1. The summed E-state index contributed by atoms with van der Waals surface area (Å²) in [5, 5.41) is 5.02. The Morgan fingerprint density at radius 1 is 1.21 bits per heavy atom. The van der Waals surface area contributed by atoms with Crippen molar-refractivity contribution in [2.24, 2.45) is 0 Å². The van der Waals surface area contributed by atoms with Gasteiger partial charge in [0.25, 0.3) is 0 Å². The molecule has 24 heavy (non-hydrogen) atoms. The first kappa shape index (κ1) is 16.8. The zero-order chi connectivity index (χ0) is 17.2. The van der Waals surface area contributed by atoms with E-state index in [2.05, 4.69) is 5.32 Å². The minimum absolute atomic E-state index is 0.0504. The number of sulfone groups is 1. The van der Waals surface area contributed by atoms with Crippen LogP contribution in [-0.4, -0.2) is 39.0 Å². The molecule has 128 valence electrons. The van der Waals surface area contributed by atoms with Crippen molar-refractivity contribution in [1.29, 1.82) is 0 Å². The molecule has 1 fully saturated rings. The van der Waals surface area contributed by atoms with Gasteiger partial charge in [-0.15, -0.1) is 0 Å². The molecule has 1 saturated heterocycles. The summed E-state index contributed by atoms with van der Waals surface area (Å²) >= 11 is 0. The molecule has 1 amide bonds. The second-order valence-electron chi connectivity index (χ2n) is 6.17. The molecular formula is C18H21NO4S. The van der Waals surface area contributed by atoms with Gasteiger partial charge in [0.2, 0.25) is 5.91 Å². The first-order valence-electron chi connectivity index (χ1n) is 8.02. The second kappa shape index (κ2) is 6.81. The van der Waals surface area contributed by atoms with Crippen molar-refractivity contribution in [3.05, 3.63) is 42.0 Å². The van der Waals surface area contributed by atoms with Gasteiger partial charge in [0, 0.05) is 6.04 Å². The lowest BCUT2D eigenvalue weighted by Gasteiger charge is -2.23. The van der Waals surface area contributed by atoms with Crippen LogP contribution in [0, 0.1) is 0 Å². The van der Waals surface area contributed by atoms with Gasteiger partial charge in [-0.05, 0) is 41.3 Å². The highest BCUT2D eigenvalue weighted by molar-refractivity contribution is 7.91. The van der Waals surface area contributed by atoms with Gasteiger partial charge in [-0.1, -0.05) is 24.3 Å². The highest BCUT2D eigenvalue weighted by Crippen LogP contribution is 2.24. The molecule has 0 unspecified atom stereocenters. The third-order valence-electron chi connectivity index (χ3n) is 4.45. The van der Waals surface area contributed by atoms with Crippen molar-refractivity contribution in [2.75, 3.05) is 18.6 Å². The molecular weight excluding hydrogens is 326 g/mol. The molecule has 1 aliphatic heterocycles. The Morgan fingerprint density at radius 3 is 2.67 bits per heavy atom. The van der Waals surface area contributed by atoms with Crippen molar-refractivity contribution in [1.82, 2.24) is 5.32 Å². The molecule has 1 N–H and O–H groups in total. The van der Waals surface area contributed by atoms with E-state index in [1.807, 2.05) is 36.4 Å². The number of rotatable bonds is 4. The lowest BCUT2D eigenvalue weighted by Crippen LogP contribution is -2.41. The predicted molar refractivity (Wildman–Crippen MR) is 94.0 cm³/mol. The predicted octanol–water partition coefficient (Wildman–Crippen LogP) is 2.08. The molecule has 1 heterocycles. The van der Waals surface area contributed by atoms with Gasteiger partial charge in [0.05, 0.1) is 25.0 Å². The third-order valence-corrected chi connectivity index (χ3v) is 6.17. The molecule has 3 rings (SSSR count). The van der Waals surface area contributed by atoms with Gasteiger partial charge in [-0.3, -0.25) is 4.79 Å². The first-order valence-corrected chi connectivity index (χ1v) is 9.84. The van der Waals surface area contributed by atoms with E-state index in [1.54, 1.807) is 7.11 Å². The van der Waals surface area contributed by atoms with Crippen LogP contribution in [0.25, 0.3) is 10.8 Å². The Hall–Kier alpha value is -2.08. The van der Waals surface area contributed by atoms with E-state index in [-0.39, 0.29) is 29.9 Å². The lowest BCUT2D eigenvalue weighted by molar-refractivity contribution is -0.121. The van der Waals surface area contributed by atoms with E-state index >= 15 is 0 Å². The minimum Gasteiger partial charge on any atom is -0.497 e. The molecule has 0 saturated carbocycles. The standard InChI is InChI=1S/C18H21NO4S/c1-23-16-6-5-13-3-2-4-14(17(13)12-16)11-18(20)19-15-7-9-24(21,22)10-8-15/h2-6,12,15H,7-11H2,1H3,(H,19,20). The molecule has 0 radical (unpaired) electrons. The fourth-order valence-electron chi connectivity index (χ4n) is 3.08. The SMILES string of the molecule is COc1ccc2cccc(CC(=O)NC3CCS(=O)(=O)CC3)c2c1. The van der Waals surface area contributed by atoms with Gasteiger partial charge < -0.3 is 10.1 Å². The largest absolute Gasteiger partial charge is 0.497 e. The molecule has 0 spiro atoms. The van der Waals surface area contributed by atoms with Crippen LogP contribution < -0.4 is 10.1 Å². The number of hydrogen-bond donors (Lipinski definition) is 1. The van der Waals surface area contributed by atoms with Gasteiger partial charge in [-0.25, -0.2) is 8.42 Å². The molecule has 0 aliphatic carbocycles. The van der Waals surface area contributed by atoms with Gasteiger partial charge in [0.1, 0.15) is 15.6 Å². The number of carbonyl (C=O) groups excluding carboxylic acids is 1. The number of carbonyl (C=O) groups is 1. The maximum Gasteiger partial charge on any atom is 0.224 e. The molecule has 2 aromatic rings. The Bertz CT molecular complexity index is 846. The van der Waals surface area contributed by atoms with Gasteiger partial charge >= 0.3 is 0 Å². The topological polar surface area (TPSA) is 72.5 Å². The zero-order valence-corrected chi connectivity index (χ0v) is 14.4. The molecule has 6 heteroatoms. The Kier molecular flexibility index (Phi) is 4.76. The lowest BCUT2D eigenvalue weighted by atomic mass is 10.0. The van der Waals surface area contributed by atoms with Crippen LogP contribution in [0.5, 0.6) is 5.75 Å².